The summed E-state index contributed by atoms with van der Waals surface area (Å²) >= 11 is 0. The molecule has 3 aliphatic rings. The van der Waals surface area contributed by atoms with Crippen molar-refractivity contribution >= 4 is 11.8 Å². The molecule has 3 heterocycles. The Labute approximate surface area is 87.9 Å². The zero-order valence-electron chi connectivity index (χ0n) is 8.71. The maximum absolute atomic E-state index is 12.0. The number of ether oxygens (including phenoxy) is 1. The second-order valence-electron chi connectivity index (χ2n) is 4.64. The molecule has 2 amide bonds. The van der Waals surface area contributed by atoms with Gasteiger partial charge in [0.05, 0.1) is 24.0 Å². The minimum Gasteiger partial charge on any atom is -0.365 e. The van der Waals surface area contributed by atoms with E-state index in [1.165, 1.54) is 4.90 Å². The lowest BCUT2D eigenvalue weighted by Gasteiger charge is -2.21. The molecule has 4 heteroatoms. The Morgan fingerprint density at radius 2 is 1.60 bits per heavy atom. The standard InChI is InChI=1S/C11H13NO3/c1-5(2)12-10(13)8-6-3-4-7(15-6)9(8)11(12)14/h3-9H,1-2H3/t6-,7+,8-,9+. The number of likely N-dealkylation sites (tertiary alicyclic amines) is 1. The van der Waals surface area contributed by atoms with E-state index in [0.717, 1.165) is 0 Å². The quantitative estimate of drug-likeness (QED) is 0.460. The van der Waals surface area contributed by atoms with Gasteiger partial charge in [0.25, 0.3) is 0 Å². The molecule has 80 valence electrons. The third kappa shape index (κ3) is 0.951. The van der Waals surface area contributed by atoms with Gasteiger partial charge in [-0.1, -0.05) is 12.2 Å². The van der Waals surface area contributed by atoms with Crippen molar-refractivity contribution in [2.75, 3.05) is 0 Å². The Bertz CT molecular complexity index is 344. The molecule has 0 aromatic carbocycles. The van der Waals surface area contributed by atoms with Crippen molar-refractivity contribution in [1.82, 2.24) is 4.90 Å². The van der Waals surface area contributed by atoms with E-state index >= 15 is 0 Å². The monoisotopic (exact) mass is 207 g/mol. The van der Waals surface area contributed by atoms with Crippen LogP contribution in [0.1, 0.15) is 13.8 Å². The van der Waals surface area contributed by atoms with Gasteiger partial charge in [0.2, 0.25) is 11.8 Å². The topological polar surface area (TPSA) is 46.6 Å². The van der Waals surface area contributed by atoms with E-state index in [1.807, 2.05) is 26.0 Å². The summed E-state index contributed by atoms with van der Waals surface area (Å²) in [5, 5.41) is 0. The predicted octanol–water partition coefficient (Wildman–Crippen LogP) is 0.333. The van der Waals surface area contributed by atoms with Crippen LogP contribution in [-0.2, 0) is 14.3 Å². The Balaban J connectivity index is 2.00. The summed E-state index contributed by atoms with van der Waals surface area (Å²) in [5.74, 6) is -0.626. The lowest BCUT2D eigenvalue weighted by atomic mass is 9.85. The molecule has 2 saturated heterocycles. The van der Waals surface area contributed by atoms with Gasteiger partial charge >= 0.3 is 0 Å². The molecule has 15 heavy (non-hydrogen) atoms. The largest absolute Gasteiger partial charge is 0.365 e. The number of hydrogen-bond donors (Lipinski definition) is 0. The average Bonchev–Trinajstić information content (AvgIpc) is 2.79. The van der Waals surface area contributed by atoms with Gasteiger partial charge in [-0.2, -0.15) is 0 Å². The molecule has 2 bridgehead atoms. The van der Waals surface area contributed by atoms with E-state index in [1.54, 1.807) is 0 Å². The van der Waals surface area contributed by atoms with E-state index < -0.39 is 0 Å². The third-order valence-electron chi connectivity index (χ3n) is 3.46. The Morgan fingerprint density at radius 3 is 2.00 bits per heavy atom. The second kappa shape index (κ2) is 2.70. The minimum absolute atomic E-state index is 0.0463. The number of rotatable bonds is 1. The van der Waals surface area contributed by atoms with E-state index in [0.29, 0.717) is 0 Å². The molecule has 3 aliphatic heterocycles. The highest BCUT2D eigenvalue weighted by Gasteiger charge is 2.60. The second-order valence-corrected chi connectivity index (χ2v) is 4.64. The number of amides is 2. The fourth-order valence-corrected chi connectivity index (χ4v) is 2.84. The summed E-state index contributed by atoms with van der Waals surface area (Å²) in [4.78, 5) is 25.4. The van der Waals surface area contributed by atoms with Crippen molar-refractivity contribution < 1.29 is 14.3 Å². The minimum atomic E-state index is -0.255. The molecule has 0 spiro atoms. The molecule has 0 aliphatic carbocycles. The highest BCUT2D eigenvalue weighted by Crippen LogP contribution is 2.45. The van der Waals surface area contributed by atoms with Crippen LogP contribution in [0, 0.1) is 11.8 Å². The zero-order valence-corrected chi connectivity index (χ0v) is 8.71. The highest BCUT2D eigenvalue weighted by atomic mass is 16.5. The van der Waals surface area contributed by atoms with Gasteiger partial charge in [-0.05, 0) is 13.8 Å². The van der Waals surface area contributed by atoms with Gasteiger partial charge in [-0.25, -0.2) is 0 Å². The molecule has 4 atom stereocenters. The summed E-state index contributed by atoms with van der Waals surface area (Å²) in [6, 6.07) is -0.0463. The number of hydrogen-bond acceptors (Lipinski definition) is 3. The van der Waals surface area contributed by atoms with Crippen molar-refractivity contribution in [2.24, 2.45) is 11.8 Å². The van der Waals surface area contributed by atoms with Crippen LogP contribution >= 0.6 is 0 Å². The Hall–Kier alpha value is -1.16. The van der Waals surface area contributed by atoms with Crippen molar-refractivity contribution in [3.63, 3.8) is 0 Å². The van der Waals surface area contributed by atoms with Gasteiger partial charge in [0, 0.05) is 6.04 Å². The first-order valence-corrected chi connectivity index (χ1v) is 5.32. The molecule has 0 aromatic rings. The number of imide groups is 1. The zero-order chi connectivity index (χ0) is 10.7. The van der Waals surface area contributed by atoms with Crippen LogP contribution in [0.3, 0.4) is 0 Å². The summed E-state index contributed by atoms with van der Waals surface area (Å²) in [5.41, 5.74) is 0. The maximum atomic E-state index is 12.0. The van der Waals surface area contributed by atoms with E-state index in [-0.39, 0.29) is 41.9 Å². The number of fused-ring (bicyclic) bond motifs is 5. The molecule has 0 aromatic heterocycles. The van der Waals surface area contributed by atoms with Gasteiger partial charge < -0.3 is 4.74 Å². The normalized spacial score (nSPS) is 42.2. The van der Waals surface area contributed by atoms with Crippen LogP contribution in [0.4, 0.5) is 0 Å². The molecule has 0 saturated carbocycles. The van der Waals surface area contributed by atoms with Crippen LogP contribution in [0.25, 0.3) is 0 Å². The van der Waals surface area contributed by atoms with Crippen molar-refractivity contribution in [2.45, 2.75) is 32.1 Å². The molecule has 0 unspecified atom stereocenters. The summed E-state index contributed by atoms with van der Waals surface area (Å²) < 4.78 is 5.53. The molecule has 0 radical (unpaired) electrons. The molecule has 4 nitrogen and oxygen atoms in total. The summed E-state index contributed by atoms with van der Waals surface area (Å²) in [7, 11) is 0. The summed E-state index contributed by atoms with van der Waals surface area (Å²) in [6.07, 6.45) is 3.47. The first-order chi connectivity index (χ1) is 7.11. The SMILES string of the molecule is CC(C)N1C(=O)[C@@H]2[C@H](C1=O)[C@H]1C=C[C@@H]2O1. The predicted molar refractivity (Wildman–Crippen MR) is 51.8 cm³/mol. The Morgan fingerprint density at radius 1 is 1.13 bits per heavy atom. The van der Waals surface area contributed by atoms with Gasteiger partial charge in [0.15, 0.2) is 0 Å². The van der Waals surface area contributed by atoms with Crippen molar-refractivity contribution in [3.05, 3.63) is 12.2 Å². The van der Waals surface area contributed by atoms with Crippen molar-refractivity contribution in [1.29, 1.82) is 0 Å². The summed E-state index contributed by atoms with van der Waals surface area (Å²) in [6.45, 7) is 3.74. The Kier molecular flexibility index (Phi) is 1.63. The molecule has 3 rings (SSSR count). The highest BCUT2D eigenvalue weighted by molar-refractivity contribution is 6.07. The molecule has 0 N–H and O–H groups in total. The van der Waals surface area contributed by atoms with E-state index in [9.17, 15) is 9.59 Å². The van der Waals surface area contributed by atoms with Gasteiger partial charge in [-0.3, -0.25) is 14.5 Å². The van der Waals surface area contributed by atoms with Gasteiger partial charge in [0.1, 0.15) is 0 Å². The average molecular weight is 207 g/mol. The first-order valence-electron chi connectivity index (χ1n) is 5.32. The van der Waals surface area contributed by atoms with E-state index in [2.05, 4.69) is 0 Å². The molecular weight excluding hydrogens is 194 g/mol. The van der Waals surface area contributed by atoms with Crippen LogP contribution in [-0.4, -0.2) is 35.0 Å². The molecule has 2 fully saturated rings. The van der Waals surface area contributed by atoms with Crippen LogP contribution in [0.5, 0.6) is 0 Å². The van der Waals surface area contributed by atoms with Crippen LogP contribution in [0.2, 0.25) is 0 Å². The third-order valence-corrected chi connectivity index (χ3v) is 3.46. The van der Waals surface area contributed by atoms with Crippen LogP contribution in [0.15, 0.2) is 12.2 Å². The smallest absolute Gasteiger partial charge is 0.236 e. The maximum Gasteiger partial charge on any atom is 0.236 e. The van der Waals surface area contributed by atoms with E-state index in [4.69, 9.17) is 4.74 Å². The number of carbonyl (C=O) groups excluding carboxylic acids is 2. The van der Waals surface area contributed by atoms with Crippen LogP contribution < -0.4 is 0 Å². The number of carbonyl (C=O) groups is 2. The first kappa shape index (κ1) is 9.09. The number of nitrogens with zero attached hydrogens (tertiary/aromatic N) is 1. The fraction of sp³-hybridized carbons (Fsp3) is 0.636. The molecular formula is C11H13NO3. The van der Waals surface area contributed by atoms with Gasteiger partial charge in [-0.15, -0.1) is 0 Å². The fourth-order valence-electron chi connectivity index (χ4n) is 2.84. The lowest BCUT2D eigenvalue weighted by Crippen LogP contribution is -2.39. The van der Waals surface area contributed by atoms with Crippen molar-refractivity contribution in [3.8, 4) is 0 Å². The lowest BCUT2D eigenvalue weighted by molar-refractivity contribution is -0.144.